The molecule has 3 rings (SSSR count). The Morgan fingerprint density at radius 1 is 1.50 bits per heavy atom. The van der Waals surface area contributed by atoms with E-state index in [9.17, 15) is 8.42 Å². The van der Waals surface area contributed by atoms with Crippen LogP contribution in [0.25, 0.3) is 0 Å². The van der Waals surface area contributed by atoms with Crippen LogP contribution >= 0.6 is 11.3 Å². The molecular weight excluding hydrogens is 322 g/mol. The Morgan fingerprint density at radius 3 is 3.00 bits per heavy atom. The molecule has 0 aliphatic carbocycles. The van der Waals surface area contributed by atoms with Gasteiger partial charge in [-0.1, -0.05) is 0 Å². The number of rotatable bonds is 5. The second-order valence-corrected chi connectivity index (χ2v) is 8.37. The van der Waals surface area contributed by atoms with E-state index in [1.165, 1.54) is 11.1 Å². The molecule has 0 spiro atoms. The first kappa shape index (κ1) is 15.6. The summed E-state index contributed by atoms with van der Waals surface area (Å²) in [5, 5.41) is 0. The summed E-state index contributed by atoms with van der Waals surface area (Å²) in [4.78, 5) is 12.0. The van der Waals surface area contributed by atoms with Crippen molar-refractivity contribution in [2.45, 2.75) is 26.1 Å². The number of aromatic nitrogens is 3. The van der Waals surface area contributed by atoms with Gasteiger partial charge in [0.1, 0.15) is 0 Å². The van der Waals surface area contributed by atoms with E-state index in [1.807, 2.05) is 18.6 Å². The number of sulfonamides is 1. The number of imidazole rings is 1. The van der Waals surface area contributed by atoms with Gasteiger partial charge in [0.2, 0.25) is 10.0 Å². The molecule has 0 unspecified atom stereocenters. The molecule has 3 heterocycles. The summed E-state index contributed by atoms with van der Waals surface area (Å²) in [6.45, 7) is 4.82. The molecule has 7 nitrogen and oxygen atoms in total. The van der Waals surface area contributed by atoms with Crippen LogP contribution in [0.5, 0.6) is 0 Å². The quantitative estimate of drug-likeness (QED) is 0.868. The third-order valence-electron chi connectivity index (χ3n) is 3.79. The molecule has 0 saturated carbocycles. The highest BCUT2D eigenvalue weighted by atomic mass is 32.2. The van der Waals surface area contributed by atoms with Crippen LogP contribution in [0.2, 0.25) is 0 Å². The van der Waals surface area contributed by atoms with Gasteiger partial charge in [-0.3, -0.25) is 4.90 Å². The van der Waals surface area contributed by atoms with Gasteiger partial charge in [-0.05, 0) is 6.92 Å². The lowest BCUT2D eigenvalue weighted by Gasteiger charge is -2.34. The molecule has 0 radical (unpaired) electrons. The normalized spacial score (nSPS) is 19.3. The Kier molecular flexibility index (Phi) is 4.31. The van der Waals surface area contributed by atoms with Crippen LogP contribution in [0, 0.1) is 6.92 Å². The lowest BCUT2D eigenvalue weighted by atomic mass is 10.2. The maximum Gasteiger partial charge on any atom is 0.208 e. The molecule has 0 saturated heterocycles. The maximum absolute atomic E-state index is 11.4. The van der Waals surface area contributed by atoms with E-state index < -0.39 is 10.0 Å². The molecular formula is C13H19N5O2S2. The Hall–Kier alpha value is -1.29. The number of fused-ring (bicyclic) bond motifs is 1. The summed E-state index contributed by atoms with van der Waals surface area (Å²) in [5.74, 6) is 0. The molecule has 1 atom stereocenters. The Bertz CT molecular complexity index is 752. The molecule has 0 amide bonds. The number of hydrogen-bond donors (Lipinski definition) is 1. The summed E-state index contributed by atoms with van der Waals surface area (Å²) in [6, 6.07) is 0.0502. The van der Waals surface area contributed by atoms with Crippen molar-refractivity contribution in [3.05, 3.63) is 34.3 Å². The van der Waals surface area contributed by atoms with Crippen molar-refractivity contribution < 1.29 is 8.42 Å². The molecule has 0 fully saturated rings. The summed E-state index contributed by atoms with van der Waals surface area (Å²) in [5.41, 5.74) is 4.03. The van der Waals surface area contributed by atoms with Crippen LogP contribution in [0.4, 0.5) is 0 Å². The summed E-state index contributed by atoms with van der Waals surface area (Å²) >= 11 is 1.66. The number of thiazole rings is 1. The topological polar surface area (TPSA) is 80.1 Å². The zero-order chi connectivity index (χ0) is 15.7. The fourth-order valence-corrected chi connectivity index (χ4v) is 3.99. The van der Waals surface area contributed by atoms with E-state index in [0.717, 1.165) is 31.0 Å². The van der Waals surface area contributed by atoms with Gasteiger partial charge < -0.3 is 4.57 Å². The summed E-state index contributed by atoms with van der Waals surface area (Å²) < 4.78 is 27.4. The number of hydrogen-bond acceptors (Lipinski definition) is 6. The molecule has 1 aliphatic heterocycles. The lowest BCUT2D eigenvalue weighted by molar-refractivity contribution is 0.179. The first-order chi connectivity index (χ1) is 10.4. The van der Waals surface area contributed by atoms with Crippen LogP contribution in [0.15, 0.2) is 18.0 Å². The van der Waals surface area contributed by atoms with E-state index in [4.69, 9.17) is 0 Å². The highest BCUT2D eigenvalue weighted by Gasteiger charge is 2.26. The molecule has 2 aromatic rings. The van der Waals surface area contributed by atoms with Crippen LogP contribution in [-0.4, -0.2) is 47.2 Å². The standard InChI is InChI=1S/C13H19N5O2S2/c1-10-13(21-9-15-10)7-17-5-11-3-14-8-18(11)12(6-17)4-16-22(2,19)20/h3,8-9,12,16H,4-7H2,1-2H3/t12-/m1/s1. The van der Waals surface area contributed by atoms with E-state index in [1.54, 1.807) is 17.7 Å². The van der Waals surface area contributed by atoms with Crippen molar-refractivity contribution in [1.29, 1.82) is 0 Å². The molecule has 2 aromatic heterocycles. The summed E-state index contributed by atoms with van der Waals surface area (Å²) in [6.07, 6.45) is 4.81. The average Bonchev–Trinajstić information content (AvgIpc) is 3.05. The molecule has 120 valence electrons. The first-order valence-corrected chi connectivity index (χ1v) is 9.76. The molecule has 0 bridgehead atoms. The van der Waals surface area contributed by atoms with Crippen molar-refractivity contribution in [2.75, 3.05) is 19.3 Å². The van der Waals surface area contributed by atoms with Crippen LogP contribution in [-0.2, 0) is 23.1 Å². The van der Waals surface area contributed by atoms with Crippen molar-refractivity contribution >= 4 is 21.4 Å². The fourth-order valence-electron chi connectivity index (χ4n) is 2.67. The SMILES string of the molecule is Cc1ncsc1CN1Cc2cncn2[C@H](CNS(C)(=O)=O)C1. The van der Waals surface area contributed by atoms with Gasteiger partial charge in [0.05, 0.1) is 35.5 Å². The third-order valence-corrected chi connectivity index (χ3v) is 5.40. The maximum atomic E-state index is 11.4. The van der Waals surface area contributed by atoms with Crippen molar-refractivity contribution in [3.63, 3.8) is 0 Å². The second-order valence-electron chi connectivity index (χ2n) is 5.60. The van der Waals surface area contributed by atoms with Crippen LogP contribution in [0.1, 0.15) is 22.3 Å². The van der Waals surface area contributed by atoms with Crippen molar-refractivity contribution in [1.82, 2.24) is 24.2 Å². The largest absolute Gasteiger partial charge is 0.328 e. The predicted octanol–water partition coefficient (Wildman–Crippen LogP) is 0.754. The minimum atomic E-state index is -3.19. The number of nitrogens with zero attached hydrogens (tertiary/aromatic N) is 4. The van der Waals surface area contributed by atoms with Crippen LogP contribution < -0.4 is 4.72 Å². The average molecular weight is 341 g/mol. The Balaban J connectivity index is 1.75. The van der Waals surface area contributed by atoms with Gasteiger partial charge in [0.15, 0.2) is 0 Å². The summed E-state index contributed by atoms with van der Waals surface area (Å²) in [7, 11) is -3.19. The van der Waals surface area contributed by atoms with E-state index in [-0.39, 0.29) is 6.04 Å². The van der Waals surface area contributed by atoms with Crippen molar-refractivity contribution in [3.8, 4) is 0 Å². The van der Waals surface area contributed by atoms with Gasteiger partial charge in [-0.15, -0.1) is 11.3 Å². The molecule has 1 N–H and O–H groups in total. The van der Waals surface area contributed by atoms with Crippen LogP contribution in [0.3, 0.4) is 0 Å². The predicted molar refractivity (Wildman–Crippen MR) is 85.1 cm³/mol. The second kappa shape index (κ2) is 6.07. The molecule has 1 aliphatic rings. The third kappa shape index (κ3) is 3.54. The fraction of sp³-hybridized carbons (Fsp3) is 0.538. The minimum Gasteiger partial charge on any atom is -0.328 e. The van der Waals surface area contributed by atoms with E-state index in [0.29, 0.717) is 6.54 Å². The van der Waals surface area contributed by atoms with Crippen molar-refractivity contribution in [2.24, 2.45) is 0 Å². The number of nitrogens with one attached hydrogen (secondary N) is 1. The molecule has 0 aromatic carbocycles. The van der Waals surface area contributed by atoms with Gasteiger partial charge in [0, 0.05) is 37.3 Å². The Labute approximate surface area is 134 Å². The smallest absolute Gasteiger partial charge is 0.208 e. The Morgan fingerprint density at radius 2 is 2.32 bits per heavy atom. The van der Waals surface area contributed by atoms with E-state index >= 15 is 0 Å². The highest BCUT2D eigenvalue weighted by Crippen LogP contribution is 2.24. The minimum absolute atomic E-state index is 0.0502. The van der Waals surface area contributed by atoms with Gasteiger partial charge in [-0.25, -0.2) is 23.1 Å². The number of aryl methyl sites for hydroxylation is 1. The zero-order valence-corrected chi connectivity index (χ0v) is 14.2. The molecule has 22 heavy (non-hydrogen) atoms. The zero-order valence-electron chi connectivity index (χ0n) is 12.6. The van der Waals surface area contributed by atoms with Gasteiger partial charge >= 0.3 is 0 Å². The highest BCUT2D eigenvalue weighted by molar-refractivity contribution is 7.88. The monoisotopic (exact) mass is 341 g/mol. The first-order valence-electron chi connectivity index (χ1n) is 6.99. The van der Waals surface area contributed by atoms with Gasteiger partial charge in [0.25, 0.3) is 0 Å². The van der Waals surface area contributed by atoms with E-state index in [2.05, 4.69) is 24.2 Å². The van der Waals surface area contributed by atoms with Gasteiger partial charge in [-0.2, -0.15) is 0 Å². The lowest BCUT2D eigenvalue weighted by Crippen LogP contribution is -2.41. The molecule has 9 heteroatoms.